The zero-order valence-corrected chi connectivity index (χ0v) is 13.9. The van der Waals surface area contributed by atoms with Gasteiger partial charge in [0.2, 0.25) is 6.10 Å². The number of fused-ring (bicyclic) bond motifs is 1. The average Bonchev–Trinajstić information content (AvgIpc) is 2.58. The number of hydrogen-bond acceptors (Lipinski definition) is 6. The smallest absolute Gasteiger partial charge is 0.351 e. The molecule has 7 nitrogen and oxygen atoms in total. The molecular formula is C17H20N2O5. The van der Waals surface area contributed by atoms with Crippen molar-refractivity contribution >= 4 is 11.9 Å². The van der Waals surface area contributed by atoms with Crippen LogP contribution in [0.1, 0.15) is 20.8 Å². The summed E-state index contributed by atoms with van der Waals surface area (Å²) in [4.78, 5) is 23.9. The van der Waals surface area contributed by atoms with Crippen LogP contribution in [0.2, 0.25) is 0 Å². The molecule has 2 rings (SSSR count). The number of carbonyl (C=O) groups excluding carboxylic acids is 2. The Bertz CT molecular complexity index is 667. The lowest BCUT2D eigenvalue weighted by atomic mass is 9.90. The van der Waals surface area contributed by atoms with E-state index in [-0.39, 0.29) is 12.5 Å². The monoisotopic (exact) mass is 332 g/mol. The number of carbonyl (C=O) groups is 2. The van der Waals surface area contributed by atoms with Crippen LogP contribution < -0.4 is 14.8 Å². The number of nitrogens with one attached hydrogen (secondary N) is 1. The zero-order valence-electron chi connectivity index (χ0n) is 13.9. The van der Waals surface area contributed by atoms with Gasteiger partial charge in [0.1, 0.15) is 12.1 Å². The molecule has 0 fully saturated rings. The minimum Gasteiger partial charge on any atom is -0.485 e. The second kappa shape index (κ2) is 7.21. The molecular weight excluding hydrogens is 312 g/mol. The van der Waals surface area contributed by atoms with Crippen LogP contribution in [-0.4, -0.2) is 36.7 Å². The van der Waals surface area contributed by atoms with Crippen LogP contribution in [0.5, 0.6) is 11.5 Å². The van der Waals surface area contributed by atoms with Gasteiger partial charge in [0, 0.05) is 0 Å². The summed E-state index contributed by atoms with van der Waals surface area (Å²) in [6.45, 7) is 4.79. The van der Waals surface area contributed by atoms with Crippen molar-refractivity contribution in [2.75, 3.05) is 13.2 Å². The van der Waals surface area contributed by atoms with Gasteiger partial charge in [0.05, 0.1) is 6.07 Å². The van der Waals surface area contributed by atoms with E-state index in [9.17, 15) is 9.59 Å². The van der Waals surface area contributed by atoms with Crippen LogP contribution in [-0.2, 0) is 14.3 Å². The van der Waals surface area contributed by atoms with Crippen molar-refractivity contribution < 1.29 is 23.8 Å². The van der Waals surface area contributed by atoms with Gasteiger partial charge < -0.3 is 19.5 Å². The fourth-order valence-corrected chi connectivity index (χ4v) is 1.99. The highest BCUT2D eigenvalue weighted by Gasteiger charge is 2.32. The predicted molar refractivity (Wildman–Crippen MR) is 84.3 cm³/mol. The standard InChI is InChI=1S/C17H20N2O5/c1-11(2)17(3,10-18)19-15(20)9-23-16(21)14-8-22-12-6-4-5-7-13(12)24-14/h4-7,11,14H,8-9H2,1-3H3,(H,19,20)/t14-,17+/m0/s1. The molecule has 1 amide bonds. The van der Waals surface area contributed by atoms with Crippen molar-refractivity contribution in [3.8, 4) is 17.6 Å². The van der Waals surface area contributed by atoms with Gasteiger partial charge in [-0.05, 0) is 25.0 Å². The molecule has 7 heteroatoms. The topological polar surface area (TPSA) is 97.7 Å². The maximum absolute atomic E-state index is 12.0. The van der Waals surface area contributed by atoms with Crippen molar-refractivity contribution in [1.82, 2.24) is 5.32 Å². The lowest BCUT2D eigenvalue weighted by Gasteiger charge is -2.27. The molecule has 0 radical (unpaired) electrons. The third kappa shape index (κ3) is 3.96. The highest BCUT2D eigenvalue weighted by Crippen LogP contribution is 2.31. The Balaban J connectivity index is 1.86. The maximum atomic E-state index is 12.0. The number of benzene rings is 1. The van der Waals surface area contributed by atoms with Crippen LogP contribution >= 0.6 is 0 Å². The summed E-state index contributed by atoms with van der Waals surface area (Å²) in [5.74, 6) is -0.317. The van der Waals surface area contributed by atoms with Crippen molar-refractivity contribution in [2.24, 2.45) is 5.92 Å². The van der Waals surface area contributed by atoms with Crippen molar-refractivity contribution in [1.29, 1.82) is 5.26 Å². The van der Waals surface area contributed by atoms with Gasteiger partial charge in [0.15, 0.2) is 18.1 Å². The molecule has 0 bridgehead atoms. The molecule has 1 aromatic rings. The van der Waals surface area contributed by atoms with Gasteiger partial charge in [-0.1, -0.05) is 26.0 Å². The molecule has 1 heterocycles. The first-order valence-corrected chi connectivity index (χ1v) is 7.63. The molecule has 1 aliphatic heterocycles. The molecule has 1 aliphatic rings. The van der Waals surface area contributed by atoms with E-state index >= 15 is 0 Å². The van der Waals surface area contributed by atoms with Crippen LogP contribution in [0, 0.1) is 17.2 Å². The van der Waals surface area contributed by atoms with Crippen LogP contribution in [0.3, 0.4) is 0 Å². The van der Waals surface area contributed by atoms with Crippen LogP contribution in [0.15, 0.2) is 24.3 Å². The number of nitriles is 1. The number of nitrogens with zero attached hydrogens (tertiary/aromatic N) is 1. The van der Waals surface area contributed by atoms with E-state index in [1.165, 1.54) is 0 Å². The second-order valence-electron chi connectivity index (χ2n) is 5.99. The first-order valence-electron chi connectivity index (χ1n) is 7.63. The molecule has 0 aromatic heterocycles. The Hall–Kier alpha value is -2.75. The summed E-state index contributed by atoms with van der Waals surface area (Å²) in [6, 6.07) is 9.03. The molecule has 128 valence electrons. The molecule has 0 unspecified atom stereocenters. The van der Waals surface area contributed by atoms with Crippen molar-refractivity contribution in [2.45, 2.75) is 32.4 Å². The number of amides is 1. The molecule has 0 aliphatic carbocycles. The Morgan fingerprint density at radius 1 is 1.42 bits per heavy atom. The number of rotatable bonds is 5. The van der Waals surface area contributed by atoms with E-state index in [4.69, 9.17) is 19.5 Å². The Kier molecular flexibility index (Phi) is 5.29. The van der Waals surface area contributed by atoms with Crippen molar-refractivity contribution in [3.05, 3.63) is 24.3 Å². The minimum atomic E-state index is -1.02. The minimum absolute atomic E-state index is 0.0133. The molecule has 0 saturated carbocycles. The summed E-state index contributed by atoms with van der Waals surface area (Å²) >= 11 is 0. The van der Waals surface area contributed by atoms with E-state index in [2.05, 4.69) is 11.4 Å². The van der Waals surface area contributed by atoms with Gasteiger partial charge in [-0.15, -0.1) is 0 Å². The normalized spacial score (nSPS) is 18.2. The molecule has 0 spiro atoms. The number of ether oxygens (including phenoxy) is 3. The Morgan fingerprint density at radius 2 is 2.08 bits per heavy atom. The van der Waals surface area contributed by atoms with Gasteiger partial charge in [-0.2, -0.15) is 5.26 Å². The van der Waals surface area contributed by atoms with E-state index < -0.39 is 30.1 Å². The van der Waals surface area contributed by atoms with Gasteiger partial charge in [-0.25, -0.2) is 4.79 Å². The average molecular weight is 332 g/mol. The van der Waals surface area contributed by atoms with Crippen LogP contribution in [0.4, 0.5) is 0 Å². The third-order valence-electron chi connectivity index (χ3n) is 3.90. The summed E-state index contributed by atoms with van der Waals surface area (Å²) in [5, 5.41) is 11.7. The van der Waals surface area contributed by atoms with Gasteiger partial charge in [-0.3, -0.25) is 4.79 Å². The van der Waals surface area contributed by atoms with Crippen LogP contribution in [0.25, 0.3) is 0 Å². The number of para-hydroxylation sites is 2. The number of esters is 1. The molecule has 1 N–H and O–H groups in total. The van der Waals surface area contributed by atoms with E-state index in [1.54, 1.807) is 31.2 Å². The Labute approximate surface area is 140 Å². The van der Waals surface area contributed by atoms with E-state index in [1.807, 2.05) is 13.8 Å². The fraction of sp³-hybridized carbons (Fsp3) is 0.471. The highest BCUT2D eigenvalue weighted by molar-refractivity contribution is 5.83. The van der Waals surface area contributed by atoms with Gasteiger partial charge in [0.25, 0.3) is 5.91 Å². The zero-order chi connectivity index (χ0) is 17.7. The summed E-state index contributed by atoms with van der Waals surface area (Å²) in [6.07, 6.45) is -0.930. The summed E-state index contributed by atoms with van der Waals surface area (Å²) in [5.41, 5.74) is -1.02. The molecule has 0 saturated heterocycles. The first-order chi connectivity index (χ1) is 11.4. The van der Waals surface area contributed by atoms with Gasteiger partial charge >= 0.3 is 5.97 Å². The lowest BCUT2D eigenvalue weighted by Crippen LogP contribution is -2.50. The van der Waals surface area contributed by atoms with Crippen molar-refractivity contribution in [3.63, 3.8) is 0 Å². The summed E-state index contributed by atoms with van der Waals surface area (Å²) < 4.78 is 15.9. The largest absolute Gasteiger partial charge is 0.485 e. The summed E-state index contributed by atoms with van der Waals surface area (Å²) in [7, 11) is 0. The lowest BCUT2D eigenvalue weighted by molar-refractivity contribution is -0.158. The SMILES string of the molecule is CC(C)[C@@](C)(C#N)NC(=O)COC(=O)[C@@H]1COc2ccccc2O1. The van der Waals surface area contributed by atoms with E-state index in [0.29, 0.717) is 11.5 Å². The molecule has 1 aromatic carbocycles. The quantitative estimate of drug-likeness (QED) is 0.819. The molecule has 24 heavy (non-hydrogen) atoms. The fourth-order valence-electron chi connectivity index (χ4n) is 1.99. The Morgan fingerprint density at radius 3 is 2.71 bits per heavy atom. The predicted octanol–water partition coefficient (Wildman–Crippen LogP) is 1.42. The maximum Gasteiger partial charge on any atom is 0.351 e. The van der Waals surface area contributed by atoms with E-state index in [0.717, 1.165) is 0 Å². The third-order valence-corrected chi connectivity index (χ3v) is 3.90. The second-order valence-corrected chi connectivity index (χ2v) is 5.99. The highest BCUT2D eigenvalue weighted by atomic mass is 16.6. The first kappa shape index (κ1) is 17.6. The number of hydrogen-bond donors (Lipinski definition) is 1. The molecule has 2 atom stereocenters.